The Morgan fingerprint density at radius 2 is 1.54 bits per heavy atom. The molecule has 0 unspecified atom stereocenters. The molecule has 3 N–H and O–H groups in total. The van der Waals surface area contributed by atoms with E-state index in [1.165, 1.54) is 0 Å². The Hall–Kier alpha value is -1.18. The van der Waals surface area contributed by atoms with Crippen molar-refractivity contribution in [2.45, 2.75) is 0 Å². The van der Waals surface area contributed by atoms with Gasteiger partial charge in [0.1, 0.15) is 0 Å². The molecule has 0 fully saturated rings. The minimum Gasteiger partial charge on any atom is -0.303 e. The molecule has 0 saturated carbocycles. The Bertz CT molecular complexity index is 318. The Labute approximate surface area is 75.1 Å². The molecular weight excluding hydrogens is 193 g/mol. The Morgan fingerprint density at radius 1 is 1.15 bits per heavy atom. The van der Waals surface area contributed by atoms with Gasteiger partial charge in [-0.1, -0.05) is 18.2 Å². The van der Waals surface area contributed by atoms with Crippen molar-refractivity contribution in [2.75, 3.05) is 0 Å². The topological polar surface area (TPSA) is 102 Å². The van der Waals surface area contributed by atoms with Gasteiger partial charge in [0, 0.05) is 0 Å². The van der Waals surface area contributed by atoms with Crippen LogP contribution in [0.15, 0.2) is 30.3 Å². The number of hydrogen-bond donors (Lipinski definition) is 3. The smallest absolute Gasteiger partial charge is 0.303 e. The second kappa shape index (κ2) is 5.46. The average molecular weight is 201 g/mol. The van der Waals surface area contributed by atoms with Gasteiger partial charge >= 0.3 is 7.82 Å². The van der Waals surface area contributed by atoms with Crippen molar-refractivity contribution in [3.05, 3.63) is 35.9 Å². The maximum atomic E-state index is 8.88. The van der Waals surface area contributed by atoms with Crippen LogP contribution in [0.2, 0.25) is 0 Å². The zero-order valence-electron chi connectivity index (χ0n) is 6.53. The van der Waals surface area contributed by atoms with Crippen LogP contribution in [0.25, 0.3) is 0 Å². The van der Waals surface area contributed by atoms with E-state index in [2.05, 4.69) is 0 Å². The summed E-state index contributed by atoms with van der Waals surface area (Å²) in [7, 11) is -4.64. The van der Waals surface area contributed by atoms with Crippen molar-refractivity contribution in [3.63, 3.8) is 0 Å². The lowest BCUT2D eigenvalue weighted by Crippen LogP contribution is -1.66. The molecule has 1 aromatic rings. The zero-order chi connectivity index (χ0) is 10.3. The predicted octanol–water partition coefficient (Wildman–Crippen LogP) is 0.630. The molecule has 0 aliphatic carbocycles. The Balaban J connectivity index is 0.000000252. The standard InChI is InChI=1S/C7H5N.H3O4P/c8-6-7-4-2-1-3-5-7;1-5(2,3)4/h1-5H;(H3,1,2,3,4). The molecule has 0 aliphatic rings. The first-order valence-electron chi connectivity index (χ1n) is 3.17. The van der Waals surface area contributed by atoms with E-state index in [4.69, 9.17) is 24.5 Å². The quantitative estimate of drug-likeness (QED) is 0.534. The van der Waals surface area contributed by atoms with Crippen molar-refractivity contribution in [1.29, 1.82) is 5.26 Å². The first kappa shape index (κ1) is 11.8. The fraction of sp³-hybridized carbons (Fsp3) is 0. The number of nitrogens with zero attached hydrogens (tertiary/aromatic N) is 1. The van der Waals surface area contributed by atoms with E-state index < -0.39 is 7.82 Å². The lowest BCUT2D eigenvalue weighted by molar-refractivity contribution is 0.275. The number of benzene rings is 1. The van der Waals surface area contributed by atoms with Gasteiger partial charge in [-0.2, -0.15) is 5.26 Å². The van der Waals surface area contributed by atoms with Crippen LogP contribution in [0, 0.1) is 11.3 Å². The molecule has 70 valence electrons. The summed E-state index contributed by atoms with van der Waals surface area (Å²) in [4.78, 5) is 21.6. The van der Waals surface area contributed by atoms with Crippen molar-refractivity contribution in [1.82, 2.24) is 0 Å². The molecule has 6 heteroatoms. The number of rotatable bonds is 0. The normalized spacial score (nSPS) is 9.38. The van der Waals surface area contributed by atoms with Crippen LogP contribution in [-0.2, 0) is 4.57 Å². The first-order valence-corrected chi connectivity index (χ1v) is 4.73. The van der Waals surface area contributed by atoms with E-state index in [1.54, 1.807) is 12.1 Å². The summed E-state index contributed by atoms with van der Waals surface area (Å²) in [6.07, 6.45) is 0. The SMILES string of the molecule is N#Cc1ccccc1.O=P(O)(O)O. The van der Waals surface area contributed by atoms with Gasteiger partial charge in [-0.25, -0.2) is 4.57 Å². The summed E-state index contributed by atoms with van der Waals surface area (Å²) in [5, 5.41) is 8.29. The fourth-order valence-corrected chi connectivity index (χ4v) is 0.513. The van der Waals surface area contributed by atoms with E-state index in [1.807, 2.05) is 24.3 Å². The number of phosphoric acid groups is 1. The van der Waals surface area contributed by atoms with Crippen LogP contribution < -0.4 is 0 Å². The summed E-state index contributed by atoms with van der Waals surface area (Å²) < 4.78 is 8.88. The monoisotopic (exact) mass is 201 g/mol. The van der Waals surface area contributed by atoms with E-state index in [0.717, 1.165) is 0 Å². The highest BCUT2D eigenvalue weighted by Crippen LogP contribution is 2.25. The summed E-state index contributed by atoms with van der Waals surface area (Å²) in [5.41, 5.74) is 0.715. The van der Waals surface area contributed by atoms with Crippen LogP contribution in [0.1, 0.15) is 5.56 Å². The first-order chi connectivity index (χ1) is 5.93. The molecule has 0 heterocycles. The highest BCUT2D eigenvalue weighted by Gasteiger charge is 2.00. The van der Waals surface area contributed by atoms with Crippen molar-refractivity contribution < 1.29 is 19.2 Å². The van der Waals surface area contributed by atoms with Gasteiger partial charge in [-0.15, -0.1) is 0 Å². The zero-order valence-corrected chi connectivity index (χ0v) is 7.43. The largest absolute Gasteiger partial charge is 0.466 e. The molecule has 0 spiro atoms. The third kappa shape index (κ3) is 10.8. The van der Waals surface area contributed by atoms with Crippen LogP contribution in [0.5, 0.6) is 0 Å². The summed E-state index contributed by atoms with van der Waals surface area (Å²) in [5.74, 6) is 0. The van der Waals surface area contributed by atoms with Gasteiger partial charge in [0.05, 0.1) is 11.6 Å². The van der Waals surface area contributed by atoms with Crippen molar-refractivity contribution in [3.8, 4) is 6.07 Å². The lowest BCUT2D eigenvalue weighted by Gasteiger charge is -1.82. The van der Waals surface area contributed by atoms with Crippen LogP contribution in [0.3, 0.4) is 0 Å². The minimum absolute atomic E-state index is 0.715. The van der Waals surface area contributed by atoms with Gasteiger partial charge < -0.3 is 14.7 Å². The third-order valence-corrected chi connectivity index (χ3v) is 0.903. The molecule has 1 rings (SSSR count). The average Bonchev–Trinajstić information content (AvgIpc) is 2.03. The van der Waals surface area contributed by atoms with E-state index >= 15 is 0 Å². The van der Waals surface area contributed by atoms with Gasteiger partial charge in [0.15, 0.2) is 0 Å². The summed E-state index contributed by atoms with van der Waals surface area (Å²) in [6.45, 7) is 0. The Morgan fingerprint density at radius 3 is 1.77 bits per heavy atom. The maximum absolute atomic E-state index is 8.88. The second-order valence-electron chi connectivity index (χ2n) is 1.99. The van der Waals surface area contributed by atoms with E-state index in [0.29, 0.717) is 5.56 Å². The van der Waals surface area contributed by atoms with Gasteiger partial charge in [0.2, 0.25) is 0 Å². The summed E-state index contributed by atoms with van der Waals surface area (Å²) in [6, 6.07) is 11.2. The third-order valence-electron chi connectivity index (χ3n) is 0.903. The molecular formula is C7H8NO4P. The van der Waals surface area contributed by atoms with Gasteiger partial charge in [-0.3, -0.25) is 0 Å². The highest BCUT2D eigenvalue weighted by atomic mass is 31.2. The van der Waals surface area contributed by atoms with E-state index in [9.17, 15) is 0 Å². The predicted molar refractivity (Wildman–Crippen MR) is 45.4 cm³/mol. The van der Waals surface area contributed by atoms with Crippen LogP contribution >= 0.6 is 7.82 Å². The lowest BCUT2D eigenvalue weighted by atomic mass is 10.2. The molecule has 0 aromatic heterocycles. The van der Waals surface area contributed by atoms with Gasteiger partial charge in [0.25, 0.3) is 0 Å². The molecule has 0 atom stereocenters. The number of nitriles is 1. The molecule has 0 amide bonds. The molecule has 5 nitrogen and oxygen atoms in total. The number of hydrogen-bond acceptors (Lipinski definition) is 2. The molecule has 0 radical (unpaired) electrons. The van der Waals surface area contributed by atoms with E-state index in [-0.39, 0.29) is 0 Å². The molecule has 0 saturated heterocycles. The minimum atomic E-state index is -4.64. The molecule has 13 heavy (non-hydrogen) atoms. The molecule has 0 aliphatic heterocycles. The van der Waals surface area contributed by atoms with Crippen molar-refractivity contribution >= 4 is 7.82 Å². The van der Waals surface area contributed by atoms with Crippen LogP contribution in [0.4, 0.5) is 0 Å². The molecule has 1 aromatic carbocycles. The highest BCUT2D eigenvalue weighted by molar-refractivity contribution is 7.45. The maximum Gasteiger partial charge on any atom is 0.466 e. The summed E-state index contributed by atoms with van der Waals surface area (Å²) >= 11 is 0. The van der Waals surface area contributed by atoms with Crippen molar-refractivity contribution in [2.24, 2.45) is 0 Å². The van der Waals surface area contributed by atoms with Crippen LogP contribution in [-0.4, -0.2) is 14.7 Å². The fourth-order valence-electron chi connectivity index (χ4n) is 0.513. The Kier molecular flexibility index (Phi) is 4.97. The molecule has 0 bridgehead atoms. The second-order valence-corrected chi connectivity index (χ2v) is 3.02. The van der Waals surface area contributed by atoms with Gasteiger partial charge in [-0.05, 0) is 12.1 Å².